The largest absolute Gasteiger partial charge is 0.496 e. The molecule has 3 heteroatoms. The molecule has 1 saturated heterocycles. The number of methoxy groups -OCH3 is 1. The number of benzene rings is 1. The van der Waals surface area contributed by atoms with Crippen LogP contribution in [0.4, 0.5) is 5.69 Å². The third-order valence-electron chi connectivity index (χ3n) is 5.54. The predicted molar refractivity (Wildman–Crippen MR) is 87.4 cm³/mol. The maximum atomic E-state index is 5.84. The first kappa shape index (κ1) is 14.7. The zero-order valence-electron chi connectivity index (χ0n) is 13.2. The fraction of sp³-hybridized carbons (Fsp3) is 0.667. The summed E-state index contributed by atoms with van der Waals surface area (Å²) in [6.45, 7) is 3.45. The maximum absolute atomic E-state index is 5.84. The summed E-state index contributed by atoms with van der Waals surface area (Å²) in [5.74, 6) is 0.924. The van der Waals surface area contributed by atoms with E-state index in [1.807, 2.05) is 12.1 Å². The topological polar surface area (TPSA) is 38.5 Å². The third kappa shape index (κ3) is 3.34. The van der Waals surface area contributed by atoms with Gasteiger partial charge in [0.15, 0.2) is 0 Å². The van der Waals surface area contributed by atoms with Crippen LogP contribution in [0.15, 0.2) is 18.2 Å². The third-order valence-corrected chi connectivity index (χ3v) is 5.54. The first-order chi connectivity index (χ1) is 10.2. The number of rotatable bonds is 3. The van der Waals surface area contributed by atoms with Crippen molar-refractivity contribution in [3.05, 3.63) is 23.8 Å². The minimum atomic E-state index is 0.681. The average Bonchev–Trinajstić information content (AvgIpc) is 2.52. The van der Waals surface area contributed by atoms with Crippen LogP contribution in [0.25, 0.3) is 0 Å². The Morgan fingerprint density at radius 3 is 2.48 bits per heavy atom. The van der Waals surface area contributed by atoms with Crippen molar-refractivity contribution in [3.8, 4) is 5.75 Å². The Morgan fingerprint density at radius 1 is 1.10 bits per heavy atom. The van der Waals surface area contributed by atoms with Crippen molar-refractivity contribution in [1.29, 1.82) is 0 Å². The summed E-state index contributed by atoms with van der Waals surface area (Å²) in [5, 5.41) is 0. The molecule has 3 rings (SSSR count). The molecule has 1 aromatic carbocycles. The van der Waals surface area contributed by atoms with Gasteiger partial charge in [0.1, 0.15) is 5.75 Å². The number of nitrogen functional groups attached to an aromatic ring is 1. The van der Waals surface area contributed by atoms with Crippen molar-refractivity contribution >= 4 is 5.69 Å². The van der Waals surface area contributed by atoms with Crippen molar-refractivity contribution < 1.29 is 4.74 Å². The molecular weight excluding hydrogens is 260 g/mol. The van der Waals surface area contributed by atoms with E-state index in [0.29, 0.717) is 5.41 Å². The quantitative estimate of drug-likeness (QED) is 0.859. The maximum Gasteiger partial charge on any atom is 0.125 e. The summed E-state index contributed by atoms with van der Waals surface area (Å²) < 4.78 is 5.47. The molecule has 21 heavy (non-hydrogen) atoms. The van der Waals surface area contributed by atoms with Gasteiger partial charge in [-0.1, -0.05) is 25.3 Å². The van der Waals surface area contributed by atoms with Crippen molar-refractivity contribution in [3.63, 3.8) is 0 Å². The van der Waals surface area contributed by atoms with Crippen molar-refractivity contribution in [2.75, 3.05) is 25.9 Å². The van der Waals surface area contributed by atoms with Crippen molar-refractivity contribution in [2.24, 2.45) is 5.41 Å². The fourth-order valence-corrected chi connectivity index (χ4v) is 4.12. The molecule has 116 valence electrons. The Labute approximate surface area is 128 Å². The van der Waals surface area contributed by atoms with Gasteiger partial charge in [0.2, 0.25) is 0 Å². The van der Waals surface area contributed by atoms with Gasteiger partial charge in [0.05, 0.1) is 7.11 Å². The number of likely N-dealkylation sites (tertiary alicyclic amines) is 1. The van der Waals surface area contributed by atoms with Gasteiger partial charge in [-0.3, -0.25) is 4.90 Å². The molecule has 0 radical (unpaired) electrons. The molecule has 1 aromatic rings. The van der Waals surface area contributed by atoms with E-state index < -0.39 is 0 Å². The molecule has 3 nitrogen and oxygen atoms in total. The van der Waals surface area contributed by atoms with E-state index in [-0.39, 0.29) is 0 Å². The first-order valence-electron chi connectivity index (χ1n) is 8.36. The molecule has 1 heterocycles. The van der Waals surface area contributed by atoms with Gasteiger partial charge in [-0.25, -0.2) is 0 Å². The molecule has 1 saturated carbocycles. The fourth-order valence-electron chi connectivity index (χ4n) is 4.12. The second-order valence-corrected chi connectivity index (χ2v) is 6.91. The van der Waals surface area contributed by atoms with Crippen molar-refractivity contribution in [2.45, 2.75) is 51.5 Å². The number of piperidine rings is 1. The minimum absolute atomic E-state index is 0.681. The monoisotopic (exact) mass is 288 g/mol. The van der Waals surface area contributed by atoms with Crippen LogP contribution < -0.4 is 10.5 Å². The lowest BCUT2D eigenvalue weighted by molar-refractivity contribution is 0.0638. The first-order valence-corrected chi connectivity index (χ1v) is 8.36. The Bertz CT molecular complexity index is 470. The van der Waals surface area contributed by atoms with Crippen LogP contribution in [-0.2, 0) is 6.54 Å². The second kappa shape index (κ2) is 6.27. The molecule has 2 N–H and O–H groups in total. The minimum Gasteiger partial charge on any atom is -0.496 e. The molecule has 2 fully saturated rings. The number of nitrogens with two attached hydrogens (primary N) is 1. The summed E-state index contributed by atoms with van der Waals surface area (Å²) in [4.78, 5) is 2.58. The lowest BCUT2D eigenvalue weighted by Crippen LogP contribution is -2.40. The normalized spacial score (nSPS) is 22.3. The van der Waals surface area contributed by atoms with Gasteiger partial charge < -0.3 is 10.5 Å². The van der Waals surface area contributed by atoms with Crippen LogP contribution in [0.5, 0.6) is 5.75 Å². The predicted octanol–water partition coefficient (Wildman–Crippen LogP) is 3.82. The van der Waals surface area contributed by atoms with Gasteiger partial charge >= 0.3 is 0 Å². The highest BCUT2D eigenvalue weighted by atomic mass is 16.5. The molecule has 1 aliphatic heterocycles. The van der Waals surface area contributed by atoms with Gasteiger partial charge in [0.25, 0.3) is 0 Å². The number of hydrogen-bond acceptors (Lipinski definition) is 3. The summed E-state index contributed by atoms with van der Waals surface area (Å²) in [6, 6.07) is 6.02. The second-order valence-electron chi connectivity index (χ2n) is 6.91. The molecule has 1 spiro atoms. The van der Waals surface area contributed by atoms with Gasteiger partial charge in [0, 0.05) is 23.9 Å². The van der Waals surface area contributed by atoms with E-state index in [2.05, 4.69) is 11.0 Å². The van der Waals surface area contributed by atoms with E-state index >= 15 is 0 Å². The van der Waals surface area contributed by atoms with E-state index in [0.717, 1.165) is 18.0 Å². The van der Waals surface area contributed by atoms with E-state index in [4.69, 9.17) is 10.5 Å². The van der Waals surface area contributed by atoms with E-state index in [1.165, 1.54) is 63.6 Å². The Hall–Kier alpha value is -1.22. The highest BCUT2D eigenvalue weighted by Gasteiger charge is 2.35. The van der Waals surface area contributed by atoms with Crippen LogP contribution in [0.3, 0.4) is 0 Å². The zero-order valence-corrected chi connectivity index (χ0v) is 13.2. The van der Waals surface area contributed by atoms with E-state index in [1.54, 1.807) is 7.11 Å². The van der Waals surface area contributed by atoms with Gasteiger partial charge in [-0.15, -0.1) is 0 Å². The lowest BCUT2D eigenvalue weighted by Gasteiger charge is -2.44. The van der Waals surface area contributed by atoms with Crippen LogP contribution in [0.1, 0.15) is 50.5 Å². The smallest absolute Gasteiger partial charge is 0.125 e. The van der Waals surface area contributed by atoms with Gasteiger partial charge in [-0.2, -0.15) is 0 Å². The number of ether oxygens (including phenoxy) is 1. The highest BCUT2D eigenvalue weighted by molar-refractivity contribution is 5.48. The van der Waals surface area contributed by atoms with Crippen molar-refractivity contribution in [1.82, 2.24) is 4.90 Å². The molecule has 1 aliphatic carbocycles. The number of anilines is 1. The molecule has 0 amide bonds. The highest BCUT2D eigenvalue weighted by Crippen LogP contribution is 2.44. The number of hydrogen-bond donors (Lipinski definition) is 1. The summed E-state index contributed by atoms with van der Waals surface area (Å²) >= 11 is 0. The summed E-state index contributed by atoms with van der Waals surface area (Å²) in [5.41, 5.74) is 8.55. The molecule has 0 bridgehead atoms. The van der Waals surface area contributed by atoms with Gasteiger partial charge in [-0.05, 0) is 50.3 Å². The molecule has 2 aliphatic rings. The van der Waals surface area contributed by atoms with E-state index in [9.17, 15) is 0 Å². The van der Waals surface area contributed by atoms with Crippen LogP contribution in [0, 0.1) is 5.41 Å². The van der Waals surface area contributed by atoms with Crippen LogP contribution >= 0.6 is 0 Å². The SMILES string of the molecule is COc1cc(N)ccc1CN1CCC2(CCCCC2)CC1. The van der Waals surface area contributed by atoms with Crippen LogP contribution in [-0.4, -0.2) is 25.1 Å². The molecule has 0 atom stereocenters. The Balaban J connectivity index is 1.60. The zero-order chi connectivity index (χ0) is 14.7. The standard InChI is InChI=1S/C18H28N2O/c1-21-17-13-16(19)6-5-15(17)14-20-11-9-18(10-12-20)7-3-2-4-8-18/h5-6,13H,2-4,7-12,14,19H2,1H3. The summed E-state index contributed by atoms with van der Waals surface area (Å²) in [7, 11) is 1.73. The summed E-state index contributed by atoms with van der Waals surface area (Å²) in [6.07, 6.45) is 10.0. The Kier molecular flexibility index (Phi) is 4.39. The average molecular weight is 288 g/mol. The lowest BCUT2D eigenvalue weighted by atomic mass is 9.68. The molecular formula is C18H28N2O. The molecule has 0 unspecified atom stereocenters. The Morgan fingerprint density at radius 2 is 1.81 bits per heavy atom. The molecule has 0 aromatic heterocycles. The number of nitrogens with zero attached hydrogens (tertiary/aromatic N) is 1. The van der Waals surface area contributed by atoms with Crippen LogP contribution in [0.2, 0.25) is 0 Å².